The van der Waals surface area contributed by atoms with Crippen LogP contribution in [-0.2, 0) is 16.8 Å². The molecule has 1 aromatic rings. The Morgan fingerprint density at radius 2 is 2.16 bits per heavy atom. The molecular formula is C13H21N3O3. The van der Waals surface area contributed by atoms with Crippen LogP contribution in [0.25, 0.3) is 0 Å². The van der Waals surface area contributed by atoms with Crippen molar-refractivity contribution in [3.63, 3.8) is 0 Å². The molecule has 0 aliphatic carbocycles. The molecule has 2 unspecified atom stereocenters. The third kappa shape index (κ3) is 2.94. The number of aromatic nitrogens is 2. The molecule has 106 valence electrons. The normalized spacial score (nSPS) is 24.8. The molecule has 0 aromatic carbocycles. The molecule has 1 saturated heterocycles. The lowest BCUT2D eigenvalue weighted by molar-refractivity contribution is -0.142. The summed E-state index contributed by atoms with van der Waals surface area (Å²) >= 11 is 0. The maximum absolute atomic E-state index is 11.1. The van der Waals surface area contributed by atoms with Crippen LogP contribution in [0.5, 0.6) is 0 Å². The highest BCUT2D eigenvalue weighted by Gasteiger charge is 2.36. The molecule has 2 atom stereocenters. The molecule has 0 bridgehead atoms. The van der Waals surface area contributed by atoms with Gasteiger partial charge in [-0.2, -0.15) is 0 Å². The smallest absolute Gasteiger partial charge is 0.308 e. The Hall–Kier alpha value is -1.43. The topological polar surface area (TPSA) is 79.5 Å². The Morgan fingerprint density at radius 3 is 2.63 bits per heavy atom. The first kappa shape index (κ1) is 14.0. The van der Waals surface area contributed by atoms with E-state index < -0.39 is 5.97 Å². The predicted octanol–water partition coefficient (Wildman–Crippen LogP) is 1.66. The van der Waals surface area contributed by atoms with Crippen LogP contribution in [0.15, 0.2) is 4.42 Å². The van der Waals surface area contributed by atoms with Gasteiger partial charge in [-0.15, -0.1) is 10.2 Å². The number of carboxylic acid groups (broad SMARTS) is 1. The second kappa shape index (κ2) is 4.92. The van der Waals surface area contributed by atoms with Crippen molar-refractivity contribution in [1.29, 1.82) is 0 Å². The minimum absolute atomic E-state index is 0.00230. The summed E-state index contributed by atoms with van der Waals surface area (Å²) in [4.78, 5) is 13.1. The monoisotopic (exact) mass is 267 g/mol. The Bertz CT molecular complexity index is 464. The molecule has 0 saturated carbocycles. The molecule has 0 radical (unpaired) electrons. The molecule has 1 aliphatic heterocycles. The summed E-state index contributed by atoms with van der Waals surface area (Å²) in [6.45, 7) is 9.27. The lowest BCUT2D eigenvalue weighted by atomic mass is 9.97. The van der Waals surface area contributed by atoms with Gasteiger partial charge in [0, 0.05) is 11.5 Å². The molecule has 1 aromatic heterocycles. The predicted molar refractivity (Wildman–Crippen MR) is 68.6 cm³/mol. The van der Waals surface area contributed by atoms with E-state index in [2.05, 4.69) is 15.1 Å². The quantitative estimate of drug-likeness (QED) is 0.897. The van der Waals surface area contributed by atoms with Gasteiger partial charge >= 0.3 is 5.97 Å². The molecular weight excluding hydrogens is 246 g/mol. The van der Waals surface area contributed by atoms with Gasteiger partial charge in [0.1, 0.15) is 0 Å². The summed E-state index contributed by atoms with van der Waals surface area (Å²) < 4.78 is 5.64. The number of carbonyl (C=O) groups is 1. The summed E-state index contributed by atoms with van der Waals surface area (Å²) in [5.74, 6) is 0.146. The van der Waals surface area contributed by atoms with Gasteiger partial charge < -0.3 is 9.52 Å². The SMILES string of the molecule is CC1C(C(=O)O)CCN1Cc1nnc(C(C)(C)C)o1. The third-order valence-corrected chi connectivity index (χ3v) is 3.65. The van der Waals surface area contributed by atoms with Crippen molar-refractivity contribution in [3.05, 3.63) is 11.8 Å². The zero-order valence-corrected chi connectivity index (χ0v) is 11.9. The average Bonchev–Trinajstić information content (AvgIpc) is 2.87. The fourth-order valence-corrected chi connectivity index (χ4v) is 2.35. The molecule has 1 N–H and O–H groups in total. The van der Waals surface area contributed by atoms with Crippen molar-refractivity contribution in [2.45, 2.75) is 52.1 Å². The highest BCUT2D eigenvalue weighted by Crippen LogP contribution is 2.27. The average molecular weight is 267 g/mol. The number of rotatable bonds is 3. The van der Waals surface area contributed by atoms with Gasteiger partial charge in [-0.05, 0) is 19.9 Å². The van der Waals surface area contributed by atoms with Gasteiger partial charge in [0.15, 0.2) is 0 Å². The minimum atomic E-state index is -0.726. The highest BCUT2D eigenvalue weighted by atomic mass is 16.4. The summed E-state index contributed by atoms with van der Waals surface area (Å²) in [7, 11) is 0. The Balaban J connectivity index is 2.03. The molecule has 1 aliphatic rings. The Morgan fingerprint density at radius 1 is 1.47 bits per heavy atom. The van der Waals surface area contributed by atoms with E-state index in [0.717, 1.165) is 6.54 Å². The van der Waals surface area contributed by atoms with E-state index in [-0.39, 0.29) is 17.4 Å². The van der Waals surface area contributed by atoms with Crippen LogP contribution in [0.1, 0.15) is 45.9 Å². The third-order valence-electron chi connectivity index (χ3n) is 3.65. The summed E-state index contributed by atoms with van der Waals surface area (Å²) in [6, 6.07) is 0.00230. The number of aliphatic carboxylic acids is 1. The minimum Gasteiger partial charge on any atom is -0.481 e. The highest BCUT2D eigenvalue weighted by molar-refractivity contribution is 5.71. The van der Waals surface area contributed by atoms with Crippen LogP contribution in [0, 0.1) is 5.92 Å². The van der Waals surface area contributed by atoms with Crippen LogP contribution >= 0.6 is 0 Å². The zero-order chi connectivity index (χ0) is 14.2. The number of nitrogens with zero attached hydrogens (tertiary/aromatic N) is 3. The number of carboxylic acids is 1. The number of likely N-dealkylation sites (tertiary alicyclic amines) is 1. The molecule has 6 heteroatoms. The first-order valence-corrected chi connectivity index (χ1v) is 6.59. The van der Waals surface area contributed by atoms with Crippen LogP contribution in [-0.4, -0.2) is 38.8 Å². The fraction of sp³-hybridized carbons (Fsp3) is 0.769. The molecule has 0 amide bonds. The first-order chi connectivity index (χ1) is 8.79. The summed E-state index contributed by atoms with van der Waals surface area (Å²) in [5.41, 5.74) is -0.161. The molecule has 2 heterocycles. The van der Waals surface area contributed by atoms with Crippen molar-refractivity contribution in [2.24, 2.45) is 5.92 Å². The fourth-order valence-electron chi connectivity index (χ4n) is 2.35. The first-order valence-electron chi connectivity index (χ1n) is 6.59. The summed E-state index contributed by atoms with van der Waals surface area (Å²) in [6.07, 6.45) is 0.677. The lowest BCUT2D eigenvalue weighted by Gasteiger charge is -2.21. The second-order valence-corrected chi connectivity index (χ2v) is 6.20. The van der Waals surface area contributed by atoms with Crippen molar-refractivity contribution in [2.75, 3.05) is 6.54 Å². The Labute approximate surface area is 112 Å². The Kier molecular flexibility index (Phi) is 3.62. The molecule has 1 fully saturated rings. The maximum atomic E-state index is 11.1. The molecule has 19 heavy (non-hydrogen) atoms. The molecule has 6 nitrogen and oxygen atoms in total. The molecule has 2 rings (SSSR count). The largest absolute Gasteiger partial charge is 0.481 e. The van der Waals surface area contributed by atoms with E-state index in [4.69, 9.17) is 9.52 Å². The second-order valence-electron chi connectivity index (χ2n) is 6.20. The van der Waals surface area contributed by atoms with E-state index in [1.807, 2.05) is 27.7 Å². The zero-order valence-electron chi connectivity index (χ0n) is 11.9. The van der Waals surface area contributed by atoms with E-state index in [1.165, 1.54) is 0 Å². The van der Waals surface area contributed by atoms with Crippen molar-refractivity contribution in [3.8, 4) is 0 Å². The standard InChI is InChI=1S/C13H21N3O3/c1-8-9(11(17)18)5-6-16(8)7-10-14-15-12(19-10)13(2,3)4/h8-9H,5-7H2,1-4H3,(H,17,18). The maximum Gasteiger partial charge on any atom is 0.308 e. The van der Waals surface area contributed by atoms with Gasteiger partial charge in [-0.3, -0.25) is 9.69 Å². The van der Waals surface area contributed by atoms with E-state index in [1.54, 1.807) is 0 Å². The van der Waals surface area contributed by atoms with Crippen molar-refractivity contribution >= 4 is 5.97 Å². The van der Waals surface area contributed by atoms with Crippen LogP contribution in [0.4, 0.5) is 0 Å². The van der Waals surface area contributed by atoms with Gasteiger partial charge in [0.05, 0.1) is 12.5 Å². The van der Waals surface area contributed by atoms with Crippen molar-refractivity contribution < 1.29 is 14.3 Å². The van der Waals surface area contributed by atoms with Crippen LogP contribution in [0.3, 0.4) is 0 Å². The summed E-state index contributed by atoms with van der Waals surface area (Å²) in [5, 5.41) is 17.2. The molecule has 0 spiro atoms. The number of hydrogen-bond acceptors (Lipinski definition) is 5. The van der Waals surface area contributed by atoms with Crippen molar-refractivity contribution in [1.82, 2.24) is 15.1 Å². The van der Waals surface area contributed by atoms with Crippen LogP contribution < -0.4 is 0 Å². The van der Waals surface area contributed by atoms with Gasteiger partial charge in [0.25, 0.3) is 0 Å². The van der Waals surface area contributed by atoms with E-state index in [0.29, 0.717) is 24.7 Å². The van der Waals surface area contributed by atoms with Gasteiger partial charge in [0.2, 0.25) is 11.8 Å². The number of hydrogen-bond donors (Lipinski definition) is 1. The van der Waals surface area contributed by atoms with Gasteiger partial charge in [-0.25, -0.2) is 0 Å². The van der Waals surface area contributed by atoms with E-state index in [9.17, 15) is 4.79 Å². The van der Waals surface area contributed by atoms with Crippen LogP contribution in [0.2, 0.25) is 0 Å². The lowest BCUT2D eigenvalue weighted by Crippen LogP contribution is -2.32. The van der Waals surface area contributed by atoms with Gasteiger partial charge in [-0.1, -0.05) is 20.8 Å². The van der Waals surface area contributed by atoms with E-state index >= 15 is 0 Å².